The number of aliphatic hydroxyl groups excluding tert-OH is 1. The smallest absolute Gasteiger partial charge is 0.134 e. The van der Waals surface area contributed by atoms with Gasteiger partial charge in [-0.1, -0.05) is 6.92 Å². The largest absolute Gasteiger partial charge is 0.393 e. The van der Waals surface area contributed by atoms with Gasteiger partial charge in [0.05, 0.1) is 6.10 Å². The first kappa shape index (κ1) is 11.6. The Kier molecular flexibility index (Phi) is 2.99. The van der Waals surface area contributed by atoms with Crippen molar-refractivity contribution in [2.45, 2.75) is 45.6 Å². The van der Waals surface area contributed by atoms with E-state index in [1.807, 2.05) is 6.92 Å². The van der Waals surface area contributed by atoms with E-state index in [0.29, 0.717) is 0 Å². The van der Waals surface area contributed by atoms with Gasteiger partial charge >= 0.3 is 0 Å². The number of rotatable bonds is 3. The molecule has 4 nitrogen and oxygen atoms in total. The Morgan fingerprint density at radius 3 is 2.29 bits per heavy atom. The third kappa shape index (κ3) is 1.82. The topological polar surface area (TPSA) is 69.6 Å². The monoisotopic (exact) mass is 201 g/mol. The molecule has 2 unspecified atom stereocenters. The maximum atomic E-state index is 11.2. The highest BCUT2D eigenvalue weighted by Crippen LogP contribution is 2.36. The van der Waals surface area contributed by atoms with E-state index < -0.39 is 11.8 Å². The SMILES string of the molecule is CC(=O)[C@H](C)C1NC(C)(O)[C@@H]1[C@@H](C)O. The van der Waals surface area contributed by atoms with Gasteiger partial charge in [0.2, 0.25) is 0 Å². The minimum atomic E-state index is -1.05. The zero-order valence-electron chi connectivity index (χ0n) is 9.11. The van der Waals surface area contributed by atoms with Crippen LogP contribution in [0.15, 0.2) is 0 Å². The van der Waals surface area contributed by atoms with Gasteiger partial charge in [-0.15, -0.1) is 0 Å². The van der Waals surface area contributed by atoms with E-state index in [9.17, 15) is 15.0 Å². The summed E-state index contributed by atoms with van der Waals surface area (Å²) < 4.78 is 0. The van der Waals surface area contributed by atoms with Crippen molar-refractivity contribution in [3.63, 3.8) is 0 Å². The summed E-state index contributed by atoms with van der Waals surface area (Å²) in [7, 11) is 0. The fourth-order valence-electron chi connectivity index (χ4n) is 2.24. The summed E-state index contributed by atoms with van der Waals surface area (Å²) in [6, 6.07) is -0.123. The third-order valence-electron chi connectivity index (χ3n) is 3.19. The third-order valence-corrected chi connectivity index (χ3v) is 3.19. The molecule has 1 rings (SSSR count). The molecular formula is C10H19NO3. The van der Waals surface area contributed by atoms with Crippen LogP contribution in [0.3, 0.4) is 0 Å². The molecule has 0 aromatic carbocycles. The maximum absolute atomic E-state index is 11.2. The second-order valence-electron chi connectivity index (χ2n) is 4.48. The Bertz CT molecular complexity index is 238. The van der Waals surface area contributed by atoms with Gasteiger partial charge in [0.25, 0.3) is 0 Å². The predicted octanol–water partition coefficient (Wildman–Crippen LogP) is -0.111. The van der Waals surface area contributed by atoms with Crippen molar-refractivity contribution in [1.29, 1.82) is 0 Å². The highest BCUT2D eigenvalue weighted by Gasteiger charge is 2.53. The Morgan fingerprint density at radius 2 is 2.00 bits per heavy atom. The van der Waals surface area contributed by atoms with E-state index in [0.717, 1.165) is 0 Å². The van der Waals surface area contributed by atoms with Crippen LogP contribution in [0.2, 0.25) is 0 Å². The molecule has 0 bridgehead atoms. The first-order valence-corrected chi connectivity index (χ1v) is 4.96. The van der Waals surface area contributed by atoms with Crippen LogP contribution >= 0.6 is 0 Å². The fraction of sp³-hybridized carbons (Fsp3) is 0.900. The van der Waals surface area contributed by atoms with E-state index in [1.54, 1.807) is 13.8 Å². The Hall–Kier alpha value is -0.450. The van der Waals surface area contributed by atoms with Crippen LogP contribution in [0, 0.1) is 11.8 Å². The molecule has 0 amide bonds. The van der Waals surface area contributed by atoms with Gasteiger partial charge in [-0.25, -0.2) is 0 Å². The molecule has 14 heavy (non-hydrogen) atoms. The summed E-state index contributed by atoms with van der Waals surface area (Å²) in [6.45, 7) is 6.59. The summed E-state index contributed by atoms with van der Waals surface area (Å²) in [6.07, 6.45) is -0.613. The van der Waals surface area contributed by atoms with E-state index >= 15 is 0 Å². The molecule has 0 aliphatic carbocycles. The maximum Gasteiger partial charge on any atom is 0.134 e. The molecule has 1 aliphatic heterocycles. The fourth-order valence-corrected chi connectivity index (χ4v) is 2.24. The number of carbonyl (C=O) groups is 1. The first-order chi connectivity index (χ1) is 6.27. The lowest BCUT2D eigenvalue weighted by Crippen LogP contribution is -2.75. The van der Waals surface area contributed by atoms with Crippen molar-refractivity contribution >= 4 is 5.78 Å². The molecule has 0 spiro atoms. The molecule has 1 fully saturated rings. The molecule has 5 atom stereocenters. The number of hydrogen-bond donors (Lipinski definition) is 3. The summed E-state index contributed by atoms with van der Waals surface area (Å²) >= 11 is 0. The van der Waals surface area contributed by atoms with Crippen LogP contribution in [-0.2, 0) is 4.79 Å². The number of nitrogens with one attached hydrogen (secondary N) is 1. The Labute approximate surface area is 84.3 Å². The number of aliphatic hydroxyl groups is 2. The number of carbonyl (C=O) groups excluding carboxylic acids is 1. The Morgan fingerprint density at radius 1 is 1.50 bits per heavy atom. The summed E-state index contributed by atoms with van der Waals surface area (Å²) in [5.74, 6) is -0.375. The van der Waals surface area contributed by atoms with Crippen LogP contribution in [0.4, 0.5) is 0 Å². The summed E-state index contributed by atoms with van der Waals surface area (Å²) in [4.78, 5) is 11.2. The highest BCUT2D eigenvalue weighted by atomic mass is 16.3. The zero-order chi connectivity index (χ0) is 11.1. The standard InChI is InChI=1S/C10H19NO3/c1-5(6(2)12)9-8(7(3)13)10(4,14)11-9/h5,7-9,11,13-14H,1-4H3/t5-,7+,8+,9?,10?/m0/s1. The van der Waals surface area contributed by atoms with Crippen molar-refractivity contribution in [3.8, 4) is 0 Å². The molecule has 1 aliphatic rings. The molecule has 0 aromatic heterocycles. The quantitative estimate of drug-likeness (QED) is 0.596. The minimum absolute atomic E-state index is 0.0728. The second-order valence-corrected chi connectivity index (χ2v) is 4.48. The van der Waals surface area contributed by atoms with Crippen molar-refractivity contribution in [2.24, 2.45) is 11.8 Å². The number of ketones is 1. The predicted molar refractivity (Wildman–Crippen MR) is 52.6 cm³/mol. The summed E-state index contributed by atoms with van der Waals surface area (Å²) in [5.41, 5.74) is -1.05. The zero-order valence-corrected chi connectivity index (χ0v) is 9.11. The van der Waals surface area contributed by atoms with Crippen LogP contribution in [0.5, 0.6) is 0 Å². The number of hydrogen-bond acceptors (Lipinski definition) is 4. The molecule has 0 radical (unpaired) electrons. The van der Waals surface area contributed by atoms with Crippen molar-refractivity contribution < 1.29 is 15.0 Å². The molecule has 4 heteroatoms. The molecule has 3 N–H and O–H groups in total. The average Bonchev–Trinajstić information content (AvgIpc) is 1.97. The normalized spacial score (nSPS) is 41.3. The van der Waals surface area contributed by atoms with E-state index in [1.165, 1.54) is 6.92 Å². The minimum Gasteiger partial charge on any atom is -0.393 e. The molecule has 1 heterocycles. The van der Waals surface area contributed by atoms with E-state index in [4.69, 9.17) is 0 Å². The summed E-state index contributed by atoms with van der Waals surface area (Å²) in [5, 5.41) is 22.2. The van der Waals surface area contributed by atoms with Crippen molar-refractivity contribution in [2.75, 3.05) is 0 Å². The average molecular weight is 201 g/mol. The molecule has 0 saturated carbocycles. The van der Waals surface area contributed by atoms with Gasteiger partial charge in [0, 0.05) is 17.9 Å². The lowest BCUT2D eigenvalue weighted by molar-refractivity contribution is -0.180. The van der Waals surface area contributed by atoms with E-state index in [-0.39, 0.29) is 23.7 Å². The lowest BCUT2D eigenvalue weighted by atomic mass is 9.71. The van der Waals surface area contributed by atoms with Crippen LogP contribution in [0.25, 0.3) is 0 Å². The second kappa shape index (κ2) is 3.61. The molecule has 0 aromatic rings. The lowest BCUT2D eigenvalue weighted by Gasteiger charge is -2.54. The van der Waals surface area contributed by atoms with Crippen LogP contribution < -0.4 is 5.32 Å². The first-order valence-electron chi connectivity index (χ1n) is 4.96. The van der Waals surface area contributed by atoms with Gasteiger partial charge in [-0.2, -0.15) is 0 Å². The molecular weight excluding hydrogens is 182 g/mol. The van der Waals surface area contributed by atoms with Gasteiger partial charge in [0.1, 0.15) is 11.5 Å². The van der Waals surface area contributed by atoms with Gasteiger partial charge in [-0.3, -0.25) is 10.1 Å². The van der Waals surface area contributed by atoms with Gasteiger partial charge < -0.3 is 10.2 Å². The van der Waals surface area contributed by atoms with Crippen molar-refractivity contribution in [1.82, 2.24) is 5.32 Å². The van der Waals surface area contributed by atoms with Gasteiger partial charge in [-0.05, 0) is 20.8 Å². The van der Waals surface area contributed by atoms with Crippen LogP contribution in [-0.4, -0.2) is 33.9 Å². The van der Waals surface area contributed by atoms with Gasteiger partial charge in [0.15, 0.2) is 0 Å². The van der Waals surface area contributed by atoms with E-state index in [2.05, 4.69) is 5.32 Å². The van der Waals surface area contributed by atoms with Crippen molar-refractivity contribution in [3.05, 3.63) is 0 Å². The number of Topliss-reactive ketones (excluding diaryl/α,β-unsaturated/α-hetero) is 1. The molecule has 82 valence electrons. The molecule has 1 saturated heterocycles. The Balaban J connectivity index is 2.71. The highest BCUT2D eigenvalue weighted by molar-refractivity contribution is 5.78. The van der Waals surface area contributed by atoms with Crippen LogP contribution in [0.1, 0.15) is 27.7 Å².